The van der Waals surface area contributed by atoms with E-state index < -0.39 is 5.91 Å². The molecule has 0 radical (unpaired) electrons. The normalized spacial score (nSPS) is 9.50. The number of rotatable bonds is 1. The quantitative estimate of drug-likeness (QED) is 0.603. The van der Waals surface area contributed by atoms with Crippen molar-refractivity contribution in [3.63, 3.8) is 0 Å². The van der Waals surface area contributed by atoms with Gasteiger partial charge < -0.3 is 4.57 Å². The third-order valence-electron chi connectivity index (χ3n) is 1.43. The molecule has 1 amide bonds. The van der Waals surface area contributed by atoms with Crippen LogP contribution in [-0.4, -0.2) is 10.5 Å². The first-order valence-corrected chi connectivity index (χ1v) is 3.23. The number of hydrogen-bond acceptors (Lipinski definition) is 2. The Morgan fingerprint density at radius 3 is 2.75 bits per heavy atom. The van der Waals surface area contributed by atoms with Crippen LogP contribution in [0.15, 0.2) is 23.1 Å². The summed E-state index contributed by atoms with van der Waals surface area (Å²) in [6.45, 7) is 0. The highest BCUT2D eigenvalue weighted by molar-refractivity contribution is 5.92. The Bertz CT molecular complexity index is 359. The fourth-order valence-electron chi connectivity index (χ4n) is 0.783. The first kappa shape index (κ1) is 8.45. The summed E-state index contributed by atoms with van der Waals surface area (Å²) < 4.78 is 12.8. The maximum absolute atomic E-state index is 11.6. The fraction of sp³-hybridized carbons (Fsp3) is 0.143. The second-order valence-corrected chi connectivity index (χ2v) is 2.29. The number of aryl methyl sites for hydroxylation is 1. The van der Waals surface area contributed by atoms with E-state index in [1.165, 1.54) is 29.9 Å². The van der Waals surface area contributed by atoms with Gasteiger partial charge in [-0.15, -0.1) is 0 Å². The number of aromatic nitrogens is 1. The van der Waals surface area contributed by atoms with E-state index in [0.29, 0.717) is 0 Å². The van der Waals surface area contributed by atoms with Gasteiger partial charge in [-0.05, 0) is 6.07 Å². The maximum Gasteiger partial charge on any atom is 0.280 e. The molecule has 0 bridgehead atoms. The van der Waals surface area contributed by atoms with Gasteiger partial charge in [0.15, 0.2) is 0 Å². The second-order valence-electron chi connectivity index (χ2n) is 2.29. The third kappa shape index (κ3) is 1.50. The topological polar surface area (TPSA) is 51.1 Å². The molecular weight excluding hydrogens is 163 g/mol. The molecule has 1 aromatic heterocycles. The Morgan fingerprint density at radius 1 is 1.58 bits per heavy atom. The lowest BCUT2D eigenvalue weighted by molar-refractivity contribution is 0.0858. The Kier molecular flexibility index (Phi) is 2.23. The Hall–Kier alpha value is -1.65. The minimum absolute atomic E-state index is 0.111. The van der Waals surface area contributed by atoms with E-state index in [2.05, 4.69) is 0 Å². The average Bonchev–Trinajstić information content (AvgIpc) is 2.08. The molecule has 4 nitrogen and oxygen atoms in total. The molecule has 0 aliphatic carbocycles. The molecule has 0 saturated carbocycles. The number of hydrogen-bond donors (Lipinski definition) is 1. The summed E-state index contributed by atoms with van der Waals surface area (Å²) >= 11 is 0. The van der Waals surface area contributed by atoms with Crippen LogP contribution in [0, 0.1) is 0 Å². The van der Waals surface area contributed by atoms with Crippen LogP contribution in [0.4, 0.5) is 4.48 Å². The highest BCUT2D eigenvalue weighted by Crippen LogP contribution is 1.93. The summed E-state index contributed by atoms with van der Waals surface area (Å²) in [6, 6.07) is 2.46. The first-order valence-electron chi connectivity index (χ1n) is 3.23. The van der Waals surface area contributed by atoms with E-state index >= 15 is 0 Å². The monoisotopic (exact) mass is 170 g/mol. The average molecular weight is 170 g/mol. The zero-order valence-electron chi connectivity index (χ0n) is 6.37. The minimum Gasteiger partial charge on any atom is -0.318 e. The lowest BCUT2D eigenvalue weighted by Crippen LogP contribution is -2.20. The van der Waals surface area contributed by atoms with Gasteiger partial charge in [-0.25, -0.2) is 0 Å². The number of amides is 1. The van der Waals surface area contributed by atoms with Crippen LogP contribution in [0.5, 0.6) is 0 Å². The molecule has 1 rings (SSSR count). The van der Waals surface area contributed by atoms with Crippen molar-refractivity contribution in [1.82, 2.24) is 10.1 Å². The van der Waals surface area contributed by atoms with Crippen molar-refractivity contribution < 1.29 is 9.28 Å². The van der Waals surface area contributed by atoms with Crippen molar-refractivity contribution >= 4 is 5.91 Å². The fourth-order valence-corrected chi connectivity index (χ4v) is 0.783. The van der Waals surface area contributed by atoms with Crippen molar-refractivity contribution in [2.24, 2.45) is 7.05 Å². The van der Waals surface area contributed by atoms with Crippen molar-refractivity contribution in [2.75, 3.05) is 0 Å². The number of nitrogens with one attached hydrogen (secondary N) is 1. The van der Waals surface area contributed by atoms with Crippen LogP contribution in [0.25, 0.3) is 0 Å². The SMILES string of the molecule is Cn1cc(C(=O)NF)ccc1=O. The molecule has 0 spiro atoms. The number of carbonyl (C=O) groups is 1. The molecule has 0 aliphatic rings. The predicted molar refractivity (Wildman–Crippen MR) is 40.3 cm³/mol. The van der Waals surface area contributed by atoms with E-state index in [1.54, 1.807) is 0 Å². The third-order valence-corrected chi connectivity index (χ3v) is 1.43. The molecular formula is C7H7FN2O2. The molecule has 0 fully saturated rings. The van der Waals surface area contributed by atoms with Crippen LogP contribution in [0.2, 0.25) is 0 Å². The summed E-state index contributed by atoms with van der Waals surface area (Å²) in [5.74, 6) is -0.856. The van der Waals surface area contributed by atoms with Crippen LogP contribution >= 0.6 is 0 Å². The van der Waals surface area contributed by atoms with Gasteiger partial charge in [-0.3, -0.25) is 9.59 Å². The lowest BCUT2D eigenvalue weighted by atomic mass is 10.3. The molecule has 0 aliphatic heterocycles. The summed E-state index contributed by atoms with van der Waals surface area (Å²) in [7, 11) is 1.48. The molecule has 64 valence electrons. The zero-order chi connectivity index (χ0) is 9.14. The van der Waals surface area contributed by atoms with Crippen LogP contribution in [0.1, 0.15) is 10.4 Å². The standard InChI is InChI=1S/C7H7FN2O2/c1-10-4-5(7(12)9-8)2-3-6(10)11/h2-4H,1H3,(H,9,12). The Balaban J connectivity index is 3.13. The largest absolute Gasteiger partial charge is 0.318 e. The second kappa shape index (κ2) is 3.17. The van der Waals surface area contributed by atoms with Gasteiger partial charge in [0.25, 0.3) is 5.91 Å². The van der Waals surface area contributed by atoms with E-state index in [4.69, 9.17) is 0 Å². The molecule has 1 N–H and O–H groups in total. The van der Waals surface area contributed by atoms with Gasteiger partial charge in [0.1, 0.15) is 0 Å². The van der Waals surface area contributed by atoms with E-state index in [1.807, 2.05) is 0 Å². The summed E-state index contributed by atoms with van der Waals surface area (Å²) in [5.41, 5.74) is 0.839. The highest BCUT2D eigenvalue weighted by Gasteiger charge is 2.04. The van der Waals surface area contributed by atoms with Gasteiger partial charge in [0, 0.05) is 19.3 Å². The Labute approximate surface area is 67.6 Å². The summed E-state index contributed by atoms with van der Waals surface area (Å²) in [4.78, 5) is 21.5. The van der Waals surface area contributed by atoms with E-state index in [0.717, 1.165) is 5.54 Å². The molecule has 1 heterocycles. The molecule has 0 aromatic carbocycles. The van der Waals surface area contributed by atoms with Crippen molar-refractivity contribution in [2.45, 2.75) is 0 Å². The van der Waals surface area contributed by atoms with Crippen molar-refractivity contribution in [3.8, 4) is 0 Å². The van der Waals surface area contributed by atoms with Crippen LogP contribution < -0.4 is 11.1 Å². The van der Waals surface area contributed by atoms with Crippen molar-refractivity contribution in [1.29, 1.82) is 0 Å². The molecule has 0 unspecified atom stereocenters. The van der Waals surface area contributed by atoms with E-state index in [9.17, 15) is 14.1 Å². The maximum atomic E-state index is 11.6. The molecule has 0 saturated heterocycles. The van der Waals surface area contributed by atoms with Crippen molar-refractivity contribution in [3.05, 3.63) is 34.2 Å². The minimum atomic E-state index is -0.856. The summed E-state index contributed by atoms with van der Waals surface area (Å²) in [5, 5.41) is 0. The van der Waals surface area contributed by atoms with Gasteiger partial charge in [0.05, 0.1) is 5.56 Å². The van der Waals surface area contributed by atoms with E-state index in [-0.39, 0.29) is 11.1 Å². The lowest BCUT2D eigenvalue weighted by Gasteiger charge is -1.99. The number of nitrogens with zero attached hydrogens (tertiary/aromatic N) is 1. The number of pyridine rings is 1. The smallest absolute Gasteiger partial charge is 0.280 e. The van der Waals surface area contributed by atoms with Gasteiger partial charge in [0.2, 0.25) is 5.56 Å². The van der Waals surface area contributed by atoms with Gasteiger partial charge in [-0.2, -0.15) is 5.54 Å². The van der Waals surface area contributed by atoms with Crippen LogP contribution in [-0.2, 0) is 7.05 Å². The number of carbonyl (C=O) groups excluding carboxylic acids is 1. The molecule has 5 heteroatoms. The van der Waals surface area contributed by atoms with Gasteiger partial charge >= 0.3 is 0 Å². The van der Waals surface area contributed by atoms with Gasteiger partial charge in [-0.1, -0.05) is 4.48 Å². The molecule has 1 aromatic rings. The Morgan fingerprint density at radius 2 is 2.25 bits per heavy atom. The first-order chi connectivity index (χ1) is 5.65. The summed E-state index contributed by atoms with van der Waals surface area (Å²) in [6.07, 6.45) is 1.26. The molecule has 0 atom stereocenters. The zero-order valence-corrected chi connectivity index (χ0v) is 6.37. The predicted octanol–water partition coefficient (Wildman–Crippen LogP) is -0.000400. The molecule has 12 heavy (non-hydrogen) atoms. The number of halogens is 1. The van der Waals surface area contributed by atoms with Crippen LogP contribution in [0.3, 0.4) is 0 Å². The highest BCUT2D eigenvalue weighted by atomic mass is 19.2.